The summed E-state index contributed by atoms with van der Waals surface area (Å²) in [4.78, 5) is 2.16. The molecule has 5 nitrogen and oxygen atoms in total. The van der Waals surface area contributed by atoms with Crippen LogP contribution in [0.4, 0.5) is 0 Å². The molecule has 2 rings (SSSR count). The predicted octanol–water partition coefficient (Wildman–Crippen LogP) is 0.581. The number of hydrogen-bond donors (Lipinski definition) is 1. The molecule has 1 heterocycles. The van der Waals surface area contributed by atoms with Crippen LogP contribution in [0, 0.1) is 12.8 Å². The van der Waals surface area contributed by atoms with Gasteiger partial charge in [-0.2, -0.15) is 0 Å². The fourth-order valence-electron chi connectivity index (χ4n) is 1.99. The standard InChI is InChI=1S/C10H17N3O2/c1-7-11-12-10(15-7)6-13(2)5-8-3-9(14)4-8/h8-9,14H,3-6H2,1-2H3. The molecule has 1 aliphatic carbocycles. The summed E-state index contributed by atoms with van der Waals surface area (Å²) >= 11 is 0. The molecule has 84 valence electrons. The van der Waals surface area contributed by atoms with Crippen LogP contribution in [0.1, 0.15) is 24.6 Å². The molecule has 0 unspecified atom stereocenters. The molecule has 0 amide bonds. The Morgan fingerprint density at radius 1 is 1.47 bits per heavy atom. The fraction of sp³-hybridized carbons (Fsp3) is 0.800. The Kier molecular flexibility index (Phi) is 3.02. The molecule has 0 spiro atoms. The lowest BCUT2D eigenvalue weighted by Gasteiger charge is -2.34. The molecule has 0 aromatic carbocycles. The van der Waals surface area contributed by atoms with Gasteiger partial charge in [0.05, 0.1) is 12.6 Å². The molecule has 1 aliphatic rings. The van der Waals surface area contributed by atoms with E-state index in [4.69, 9.17) is 9.52 Å². The second kappa shape index (κ2) is 4.28. The van der Waals surface area contributed by atoms with Gasteiger partial charge in [0.1, 0.15) is 0 Å². The summed E-state index contributed by atoms with van der Waals surface area (Å²) in [7, 11) is 2.03. The van der Waals surface area contributed by atoms with Gasteiger partial charge in [-0.05, 0) is 25.8 Å². The molecule has 1 aromatic rings. The molecule has 1 saturated carbocycles. The third kappa shape index (κ3) is 2.76. The van der Waals surface area contributed by atoms with Gasteiger partial charge in [-0.3, -0.25) is 4.90 Å². The molecule has 5 heteroatoms. The first-order valence-electron chi connectivity index (χ1n) is 5.29. The summed E-state index contributed by atoms with van der Waals surface area (Å²) in [5, 5.41) is 16.9. The lowest BCUT2D eigenvalue weighted by Crippen LogP contribution is -2.36. The van der Waals surface area contributed by atoms with Gasteiger partial charge in [-0.15, -0.1) is 10.2 Å². The molecule has 15 heavy (non-hydrogen) atoms. The van der Waals surface area contributed by atoms with Crippen LogP contribution in [0.25, 0.3) is 0 Å². The van der Waals surface area contributed by atoms with Crippen LogP contribution < -0.4 is 0 Å². The smallest absolute Gasteiger partial charge is 0.230 e. The van der Waals surface area contributed by atoms with Gasteiger partial charge in [0.2, 0.25) is 11.8 Å². The van der Waals surface area contributed by atoms with Crippen LogP contribution in [-0.4, -0.2) is 39.9 Å². The molecule has 1 fully saturated rings. The average Bonchev–Trinajstić information content (AvgIpc) is 2.48. The number of rotatable bonds is 4. The van der Waals surface area contributed by atoms with Gasteiger partial charge in [-0.1, -0.05) is 0 Å². The highest BCUT2D eigenvalue weighted by atomic mass is 16.4. The molecule has 1 aromatic heterocycles. The number of aliphatic hydroxyl groups is 1. The normalized spacial score (nSPS) is 25.6. The van der Waals surface area contributed by atoms with Crippen LogP contribution in [-0.2, 0) is 6.54 Å². The van der Waals surface area contributed by atoms with Crippen LogP contribution in [0.3, 0.4) is 0 Å². The van der Waals surface area contributed by atoms with E-state index in [1.54, 1.807) is 6.92 Å². The maximum atomic E-state index is 9.16. The van der Waals surface area contributed by atoms with E-state index in [0.29, 0.717) is 24.2 Å². The summed E-state index contributed by atoms with van der Waals surface area (Å²) in [5.41, 5.74) is 0. The van der Waals surface area contributed by atoms with Crippen molar-refractivity contribution < 1.29 is 9.52 Å². The minimum atomic E-state index is -0.0750. The van der Waals surface area contributed by atoms with Gasteiger partial charge in [-0.25, -0.2) is 0 Å². The first-order chi connectivity index (χ1) is 7.13. The molecule has 0 atom stereocenters. The summed E-state index contributed by atoms with van der Waals surface area (Å²) < 4.78 is 5.30. The number of aliphatic hydroxyl groups excluding tert-OH is 1. The Hall–Kier alpha value is -0.940. The highest BCUT2D eigenvalue weighted by molar-refractivity contribution is 4.83. The summed E-state index contributed by atoms with van der Waals surface area (Å²) in [6, 6.07) is 0. The van der Waals surface area contributed by atoms with E-state index < -0.39 is 0 Å². The third-order valence-electron chi connectivity index (χ3n) is 2.75. The van der Waals surface area contributed by atoms with Crippen molar-refractivity contribution >= 4 is 0 Å². The van der Waals surface area contributed by atoms with Crippen LogP contribution in [0.15, 0.2) is 4.42 Å². The molecule has 0 bridgehead atoms. The van der Waals surface area contributed by atoms with Gasteiger partial charge >= 0.3 is 0 Å². The van der Waals surface area contributed by atoms with Crippen molar-refractivity contribution in [2.75, 3.05) is 13.6 Å². The zero-order valence-electron chi connectivity index (χ0n) is 9.18. The highest BCUT2D eigenvalue weighted by Crippen LogP contribution is 2.27. The molecule has 1 N–H and O–H groups in total. The topological polar surface area (TPSA) is 62.4 Å². The predicted molar refractivity (Wildman–Crippen MR) is 54.1 cm³/mol. The zero-order valence-corrected chi connectivity index (χ0v) is 9.18. The van der Waals surface area contributed by atoms with Gasteiger partial charge in [0, 0.05) is 13.5 Å². The first-order valence-corrected chi connectivity index (χ1v) is 5.29. The lowest BCUT2D eigenvalue weighted by atomic mass is 9.82. The minimum Gasteiger partial charge on any atom is -0.424 e. The number of aryl methyl sites for hydroxylation is 1. The third-order valence-corrected chi connectivity index (χ3v) is 2.75. The Morgan fingerprint density at radius 2 is 2.20 bits per heavy atom. The molecule has 0 saturated heterocycles. The monoisotopic (exact) mass is 211 g/mol. The van der Waals surface area contributed by atoms with Crippen molar-refractivity contribution in [3.05, 3.63) is 11.8 Å². The Morgan fingerprint density at radius 3 is 2.73 bits per heavy atom. The fourth-order valence-corrected chi connectivity index (χ4v) is 1.99. The average molecular weight is 211 g/mol. The molecule has 0 aliphatic heterocycles. The van der Waals surface area contributed by atoms with Gasteiger partial charge in [0.15, 0.2) is 0 Å². The van der Waals surface area contributed by atoms with Crippen molar-refractivity contribution in [1.82, 2.24) is 15.1 Å². The largest absolute Gasteiger partial charge is 0.424 e. The molecular weight excluding hydrogens is 194 g/mol. The van der Waals surface area contributed by atoms with Crippen molar-refractivity contribution in [3.63, 3.8) is 0 Å². The maximum Gasteiger partial charge on any atom is 0.230 e. The van der Waals surface area contributed by atoms with Crippen LogP contribution in [0.5, 0.6) is 0 Å². The maximum absolute atomic E-state index is 9.16. The summed E-state index contributed by atoms with van der Waals surface area (Å²) in [6.45, 7) is 3.46. The highest BCUT2D eigenvalue weighted by Gasteiger charge is 2.28. The van der Waals surface area contributed by atoms with E-state index in [1.165, 1.54) is 0 Å². The van der Waals surface area contributed by atoms with Crippen molar-refractivity contribution in [2.45, 2.75) is 32.4 Å². The van der Waals surface area contributed by atoms with E-state index in [0.717, 1.165) is 19.4 Å². The number of aromatic nitrogens is 2. The van der Waals surface area contributed by atoms with E-state index >= 15 is 0 Å². The van der Waals surface area contributed by atoms with E-state index in [-0.39, 0.29) is 6.10 Å². The van der Waals surface area contributed by atoms with Crippen LogP contribution >= 0.6 is 0 Å². The number of nitrogens with zero attached hydrogens (tertiary/aromatic N) is 3. The molecular formula is C10H17N3O2. The number of hydrogen-bond acceptors (Lipinski definition) is 5. The quantitative estimate of drug-likeness (QED) is 0.789. The van der Waals surface area contributed by atoms with Crippen molar-refractivity contribution in [1.29, 1.82) is 0 Å². The second-order valence-corrected chi connectivity index (χ2v) is 4.40. The lowest BCUT2D eigenvalue weighted by molar-refractivity contribution is 0.0263. The van der Waals surface area contributed by atoms with Gasteiger partial charge in [0.25, 0.3) is 0 Å². The van der Waals surface area contributed by atoms with Crippen LogP contribution in [0.2, 0.25) is 0 Å². The summed E-state index contributed by atoms with van der Waals surface area (Å²) in [6.07, 6.45) is 1.77. The Bertz CT molecular complexity index is 320. The SMILES string of the molecule is Cc1nnc(CN(C)CC2CC(O)C2)o1. The Labute approximate surface area is 89.1 Å². The van der Waals surface area contributed by atoms with E-state index in [1.807, 2.05) is 7.05 Å². The van der Waals surface area contributed by atoms with Gasteiger partial charge < -0.3 is 9.52 Å². The first kappa shape index (κ1) is 10.6. The second-order valence-electron chi connectivity index (χ2n) is 4.40. The van der Waals surface area contributed by atoms with Crippen molar-refractivity contribution in [3.8, 4) is 0 Å². The zero-order chi connectivity index (χ0) is 10.8. The Balaban J connectivity index is 1.75. The van der Waals surface area contributed by atoms with Crippen molar-refractivity contribution in [2.24, 2.45) is 5.92 Å². The minimum absolute atomic E-state index is 0.0750. The van der Waals surface area contributed by atoms with E-state index in [9.17, 15) is 0 Å². The molecule has 0 radical (unpaired) electrons. The van der Waals surface area contributed by atoms with E-state index in [2.05, 4.69) is 15.1 Å². The summed E-state index contributed by atoms with van der Waals surface area (Å²) in [5.74, 6) is 1.89.